The summed E-state index contributed by atoms with van der Waals surface area (Å²) in [7, 11) is 0. The van der Waals surface area contributed by atoms with Crippen LogP contribution < -0.4 is 0 Å². The molecule has 0 amide bonds. The van der Waals surface area contributed by atoms with E-state index >= 15 is 0 Å². The summed E-state index contributed by atoms with van der Waals surface area (Å²) < 4.78 is 0. The van der Waals surface area contributed by atoms with E-state index in [1.807, 2.05) is 12.1 Å². The predicted octanol–water partition coefficient (Wildman–Crippen LogP) is 3.67. The van der Waals surface area contributed by atoms with Crippen molar-refractivity contribution >= 4 is 11.6 Å². The number of benzene rings is 1. The van der Waals surface area contributed by atoms with Crippen molar-refractivity contribution in [1.82, 2.24) is 0 Å². The smallest absolute Gasteiger partial charge is 0.0406 e. The average Bonchev–Trinajstić information content (AvgIpc) is 2.06. The number of rotatable bonds is 1. The van der Waals surface area contributed by atoms with Crippen LogP contribution in [0.15, 0.2) is 24.3 Å². The van der Waals surface area contributed by atoms with Gasteiger partial charge in [0.1, 0.15) is 0 Å². The average molecular weight is 180 g/mol. The number of hydrogen-bond donors (Lipinski definition) is 0. The lowest BCUT2D eigenvalue weighted by molar-refractivity contribution is 0.313. The molecule has 0 N–H and O–H groups in total. The van der Waals surface area contributed by atoms with E-state index in [0.29, 0.717) is 11.8 Å². The Kier molecular flexibility index (Phi) is 2.10. The Balaban J connectivity index is 2.18. The second-order valence-corrected chi connectivity index (χ2v) is 3.93. The predicted molar refractivity (Wildman–Crippen MR) is 52.3 cm³/mol. The molecule has 1 saturated carbocycles. The first-order valence-corrected chi connectivity index (χ1v) is 4.74. The molecule has 12 heavy (non-hydrogen) atoms. The van der Waals surface area contributed by atoms with Gasteiger partial charge in [-0.2, -0.15) is 0 Å². The maximum absolute atomic E-state index is 5.80. The lowest BCUT2D eigenvalue weighted by atomic mass is 9.71. The first kappa shape index (κ1) is 8.12. The SMILES string of the molecule is [CH2]C1CCC1c1ccc(Cl)cc1. The molecule has 2 rings (SSSR count). The van der Waals surface area contributed by atoms with Crippen molar-refractivity contribution < 1.29 is 0 Å². The van der Waals surface area contributed by atoms with Crippen LogP contribution in [-0.4, -0.2) is 0 Å². The molecule has 0 spiro atoms. The van der Waals surface area contributed by atoms with Gasteiger partial charge in [0.2, 0.25) is 0 Å². The Labute approximate surface area is 78.6 Å². The molecule has 1 heteroatoms. The summed E-state index contributed by atoms with van der Waals surface area (Å²) in [6.07, 6.45) is 2.56. The van der Waals surface area contributed by atoms with Gasteiger partial charge >= 0.3 is 0 Å². The fourth-order valence-corrected chi connectivity index (χ4v) is 1.84. The van der Waals surface area contributed by atoms with Gasteiger partial charge in [0, 0.05) is 5.02 Å². The normalized spacial score (nSPS) is 28.2. The van der Waals surface area contributed by atoms with E-state index in [1.165, 1.54) is 18.4 Å². The van der Waals surface area contributed by atoms with E-state index in [2.05, 4.69) is 19.1 Å². The fraction of sp³-hybridized carbons (Fsp3) is 0.364. The van der Waals surface area contributed by atoms with Crippen LogP contribution in [0.4, 0.5) is 0 Å². The maximum Gasteiger partial charge on any atom is 0.0406 e. The second kappa shape index (κ2) is 3.10. The minimum absolute atomic E-state index is 0.617. The van der Waals surface area contributed by atoms with Crippen molar-refractivity contribution in [3.8, 4) is 0 Å². The third-order valence-electron chi connectivity index (χ3n) is 2.72. The molecular formula is C11H12Cl. The lowest BCUT2D eigenvalue weighted by Crippen LogP contribution is -2.20. The Hall–Kier alpha value is -0.490. The Bertz CT molecular complexity index is 263. The molecule has 2 atom stereocenters. The molecule has 0 bridgehead atoms. The van der Waals surface area contributed by atoms with Gasteiger partial charge in [-0.3, -0.25) is 0 Å². The molecule has 63 valence electrons. The molecule has 0 nitrogen and oxygen atoms in total. The van der Waals surface area contributed by atoms with Crippen LogP contribution in [0.2, 0.25) is 5.02 Å². The highest BCUT2D eigenvalue weighted by molar-refractivity contribution is 6.30. The maximum atomic E-state index is 5.80. The number of halogens is 1. The Morgan fingerprint density at radius 1 is 1.17 bits per heavy atom. The minimum Gasteiger partial charge on any atom is -0.0843 e. The molecule has 1 aliphatic carbocycles. The van der Waals surface area contributed by atoms with Gasteiger partial charge in [-0.15, -0.1) is 0 Å². The highest BCUT2D eigenvalue weighted by Gasteiger charge is 2.27. The van der Waals surface area contributed by atoms with Crippen molar-refractivity contribution in [2.45, 2.75) is 18.8 Å². The van der Waals surface area contributed by atoms with Gasteiger partial charge in [-0.1, -0.05) is 23.7 Å². The van der Waals surface area contributed by atoms with Gasteiger partial charge in [0.05, 0.1) is 0 Å². The van der Waals surface area contributed by atoms with Gasteiger partial charge < -0.3 is 0 Å². The standard InChI is InChI=1S/C11H12Cl/c1-8-2-7-11(8)9-3-5-10(12)6-4-9/h3-6,8,11H,1-2,7H2. The summed E-state index contributed by atoms with van der Waals surface area (Å²) in [6.45, 7) is 4.09. The highest BCUT2D eigenvalue weighted by Crippen LogP contribution is 2.41. The first-order chi connectivity index (χ1) is 5.77. The fourth-order valence-electron chi connectivity index (χ4n) is 1.72. The quantitative estimate of drug-likeness (QED) is 0.617. The molecule has 1 aromatic rings. The summed E-state index contributed by atoms with van der Waals surface area (Å²) >= 11 is 5.80. The van der Waals surface area contributed by atoms with Crippen molar-refractivity contribution in [3.63, 3.8) is 0 Å². The topological polar surface area (TPSA) is 0 Å². The third kappa shape index (κ3) is 1.36. The van der Waals surface area contributed by atoms with Crippen molar-refractivity contribution in [1.29, 1.82) is 0 Å². The van der Waals surface area contributed by atoms with Crippen LogP contribution >= 0.6 is 11.6 Å². The largest absolute Gasteiger partial charge is 0.0843 e. The van der Waals surface area contributed by atoms with Crippen molar-refractivity contribution in [2.75, 3.05) is 0 Å². The van der Waals surface area contributed by atoms with Gasteiger partial charge in [-0.25, -0.2) is 0 Å². The molecule has 0 aromatic heterocycles. The summed E-state index contributed by atoms with van der Waals surface area (Å²) in [5.74, 6) is 1.30. The van der Waals surface area contributed by atoms with E-state index in [4.69, 9.17) is 11.6 Å². The third-order valence-corrected chi connectivity index (χ3v) is 2.97. The van der Waals surface area contributed by atoms with Crippen LogP contribution in [0, 0.1) is 12.8 Å². The van der Waals surface area contributed by atoms with Crippen molar-refractivity contribution in [3.05, 3.63) is 41.8 Å². The zero-order valence-corrected chi connectivity index (χ0v) is 7.72. The highest BCUT2D eigenvalue weighted by atomic mass is 35.5. The molecule has 1 fully saturated rings. The first-order valence-electron chi connectivity index (χ1n) is 4.36. The van der Waals surface area contributed by atoms with E-state index in [9.17, 15) is 0 Å². The Morgan fingerprint density at radius 2 is 1.83 bits per heavy atom. The van der Waals surface area contributed by atoms with E-state index in [0.717, 1.165) is 5.02 Å². The molecule has 2 unspecified atom stereocenters. The zero-order chi connectivity index (χ0) is 8.55. The van der Waals surface area contributed by atoms with E-state index in [-0.39, 0.29) is 0 Å². The van der Waals surface area contributed by atoms with E-state index in [1.54, 1.807) is 0 Å². The summed E-state index contributed by atoms with van der Waals surface area (Å²) in [4.78, 5) is 0. The number of hydrogen-bond acceptors (Lipinski definition) is 0. The van der Waals surface area contributed by atoms with Crippen LogP contribution in [-0.2, 0) is 0 Å². The monoisotopic (exact) mass is 179 g/mol. The molecule has 1 radical (unpaired) electrons. The summed E-state index contributed by atoms with van der Waals surface area (Å²) in [6, 6.07) is 8.15. The van der Waals surface area contributed by atoms with Crippen LogP contribution in [0.25, 0.3) is 0 Å². The van der Waals surface area contributed by atoms with Crippen LogP contribution in [0.3, 0.4) is 0 Å². The molecule has 0 aliphatic heterocycles. The zero-order valence-electron chi connectivity index (χ0n) is 6.96. The molecular weight excluding hydrogens is 168 g/mol. The summed E-state index contributed by atoms with van der Waals surface area (Å²) in [5, 5.41) is 0.818. The van der Waals surface area contributed by atoms with Crippen LogP contribution in [0.1, 0.15) is 24.3 Å². The van der Waals surface area contributed by atoms with E-state index < -0.39 is 0 Å². The van der Waals surface area contributed by atoms with Crippen molar-refractivity contribution in [2.24, 2.45) is 5.92 Å². The van der Waals surface area contributed by atoms with Crippen LogP contribution in [0.5, 0.6) is 0 Å². The van der Waals surface area contributed by atoms with Gasteiger partial charge in [0.15, 0.2) is 0 Å². The lowest BCUT2D eigenvalue weighted by Gasteiger charge is -2.34. The molecule has 1 aromatic carbocycles. The van der Waals surface area contributed by atoms with Gasteiger partial charge in [0.25, 0.3) is 0 Å². The molecule has 0 saturated heterocycles. The Morgan fingerprint density at radius 3 is 2.25 bits per heavy atom. The molecule has 1 aliphatic rings. The van der Waals surface area contributed by atoms with Gasteiger partial charge in [-0.05, 0) is 49.3 Å². The summed E-state index contributed by atoms with van der Waals surface area (Å²) in [5.41, 5.74) is 1.39. The minimum atomic E-state index is 0.617. The second-order valence-electron chi connectivity index (χ2n) is 3.50. The molecule has 0 heterocycles.